The van der Waals surface area contributed by atoms with E-state index >= 15 is 0 Å². The highest BCUT2D eigenvalue weighted by Gasteiger charge is 2.41. The Morgan fingerprint density at radius 1 is 1.02 bits per heavy atom. The van der Waals surface area contributed by atoms with Gasteiger partial charge in [-0.3, -0.25) is 19.8 Å². The summed E-state index contributed by atoms with van der Waals surface area (Å²) in [4.78, 5) is 26.5. The van der Waals surface area contributed by atoms with E-state index in [1.54, 1.807) is 18.1 Å². The Balaban J connectivity index is 1.62. The number of carbonyl (C=O) groups excluding carboxylic acids is 1. The van der Waals surface area contributed by atoms with Crippen molar-refractivity contribution < 1.29 is 19.2 Å². The standard InChI is InChI=1S/C33H32N4O5/c1-19-8-9-23(37(39)40)16-29(19)36-28-6-5-7-30(38)32(28)31(27(17-34)33(36)35)26-15-22(20(2)14-21(26)3)18-42-25-12-10-24(41-4)11-13-25/h8-16,31H,5-7,18,35H2,1-4H3. The largest absolute Gasteiger partial charge is 0.497 e. The van der Waals surface area contributed by atoms with Crippen LogP contribution >= 0.6 is 0 Å². The minimum absolute atomic E-state index is 0.0504. The van der Waals surface area contributed by atoms with Crippen LogP contribution in [0.15, 0.2) is 77.3 Å². The first-order valence-corrected chi connectivity index (χ1v) is 13.7. The van der Waals surface area contributed by atoms with Crippen molar-refractivity contribution in [1.82, 2.24) is 0 Å². The molecular formula is C33H32N4O5. The number of non-ortho nitro benzene ring substituents is 1. The molecule has 1 atom stereocenters. The molecule has 1 aliphatic heterocycles. The predicted octanol–water partition coefficient (Wildman–Crippen LogP) is 6.41. The summed E-state index contributed by atoms with van der Waals surface area (Å²) in [6.07, 6.45) is 1.53. The number of allylic oxidation sites excluding steroid dienone is 3. The molecule has 0 bridgehead atoms. The van der Waals surface area contributed by atoms with Crippen LogP contribution in [0.25, 0.3) is 0 Å². The molecule has 9 nitrogen and oxygen atoms in total. The minimum Gasteiger partial charge on any atom is -0.497 e. The van der Waals surface area contributed by atoms with Gasteiger partial charge in [0, 0.05) is 29.8 Å². The Morgan fingerprint density at radius 3 is 2.40 bits per heavy atom. The molecule has 0 amide bonds. The fourth-order valence-electron chi connectivity index (χ4n) is 5.84. The number of hydrogen-bond donors (Lipinski definition) is 1. The number of benzene rings is 3. The van der Waals surface area contributed by atoms with E-state index in [2.05, 4.69) is 6.07 Å². The van der Waals surface area contributed by atoms with Gasteiger partial charge in [-0.1, -0.05) is 18.2 Å². The number of Topliss-reactive ketones (excluding diaryl/α,β-unsaturated/α-hetero) is 1. The van der Waals surface area contributed by atoms with Crippen molar-refractivity contribution in [3.63, 3.8) is 0 Å². The van der Waals surface area contributed by atoms with Crippen molar-refractivity contribution in [2.75, 3.05) is 12.0 Å². The van der Waals surface area contributed by atoms with Crippen LogP contribution in [0.4, 0.5) is 11.4 Å². The molecule has 0 fully saturated rings. The van der Waals surface area contributed by atoms with Crippen molar-refractivity contribution in [2.45, 2.75) is 52.6 Å². The Bertz CT molecular complexity index is 1700. The number of ketones is 1. The fraction of sp³-hybridized carbons (Fsp3) is 0.273. The van der Waals surface area contributed by atoms with E-state index in [0.29, 0.717) is 42.0 Å². The van der Waals surface area contributed by atoms with Gasteiger partial charge in [0.1, 0.15) is 23.9 Å². The van der Waals surface area contributed by atoms with E-state index in [-0.39, 0.29) is 29.5 Å². The monoisotopic (exact) mass is 564 g/mol. The maximum absolute atomic E-state index is 13.6. The highest BCUT2D eigenvalue weighted by molar-refractivity contribution is 6.01. The smallest absolute Gasteiger partial charge is 0.271 e. The molecule has 5 rings (SSSR count). The number of carbonyl (C=O) groups is 1. The SMILES string of the molecule is COc1ccc(OCc2cc(C3C(C#N)=C(N)N(c4cc([N+](=O)[O-])ccc4C)C4=C3C(=O)CCC4)c(C)cc2C)cc1. The molecule has 0 saturated carbocycles. The summed E-state index contributed by atoms with van der Waals surface area (Å²) in [5.41, 5.74) is 13.0. The molecule has 214 valence electrons. The average Bonchev–Trinajstić information content (AvgIpc) is 2.97. The Morgan fingerprint density at radius 2 is 1.74 bits per heavy atom. The number of nitro groups is 1. The first-order valence-electron chi connectivity index (χ1n) is 13.7. The number of methoxy groups -OCH3 is 1. The Hall–Kier alpha value is -5.10. The third kappa shape index (κ3) is 5.07. The number of nitrogens with two attached hydrogens (primary N) is 1. The quantitative estimate of drug-likeness (QED) is 0.257. The number of ether oxygens (including phenoxy) is 2. The first-order chi connectivity index (χ1) is 20.1. The van der Waals surface area contributed by atoms with Crippen LogP contribution in [0.5, 0.6) is 11.5 Å². The molecule has 42 heavy (non-hydrogen) atoms. The van der Waals surface area contributed by atoms with Gasteiger partial charge in [-0.25, -0.2) is 0 Å². The minimum atomic E-state index is -0.659. The third-order valence-corrected chi connectivity index (χ3v) is 8.05. The Kier molecular flexibility index (Phi) is 7.72. The summed E-state index contributed by atoms with van der Waals surface area (Å²) in [5.74, 6) is 0.888. The second-order valence-electron chi connectivity index (χ2n) is 10.6. The number of nitriles is 1. The topological polar surface area (TPSA) is 132 Å². The molecule has 1 aliphatic carbocycles. The van der Waals surface area contributed by atoms with Crippen LogP contribution in [-0.2, 0) is 11.4 Å². The number of anilines is 1. The molecule has 0 spiro atoms. The van der Waals surface area contributed by atoms with Crippen molar-refractivity contribution in [3.05, 3.63) is 115 Å². The molecule has 2 aliphatic rings. The van der Waals surface area contributed by atoms with E-state index in [1.165, 1.54) is 12.1 Å². The van der Waals surface area contributed by atoms with Crippen LogP contribution in [0.1, 0.15) is 53.0 Å². The first kappa shape index (κ1) is 28.4. The molecule has 0 aromatic heterocycles. The number of nitro benzene ring substituents is 1. The van der Waals surface area contributed by atoms with Gasteiger partial charge in [-0.15, -0.1) is 0 Å². The van der Waals surface area contributed by atoms with Gasteiger partial charge < -0.3 is 15.2 Å². The summed E-state index contributed by atoms with van der Waals surface area (Å²) in [5, 5.41) is 22.1. The number of hydrogen-bond acceptors (Lipinski definition) is 8. The van der Waals surface area contributed by atoms with Gasteiger partial charge in [0.05, 0.1) is 35.3 Å². The molecule has 1 unspecified atom stereocenters. The van der Waals surface area contributed by atoms with Gasteiger partial charge in [-0.05, 0) is 85.7 Å². The van der Waals surface area contributed by atoms with Crippen LogP contribution in [0, 0.1) is 42.2 Å². The molecule has 0 saturated heterocycles. The second-order valence-corrected chi connectivity index (χ2v) is 10.6. The van der Waals surface area contributed by atoms with Gasteiger partial charge in [0.15, 0.2) is 5.78 Å². The zero-order valence-electron chi connectivity index (χ0n) is 24.1. The third-order valence-electron chi connectivity index (χ3n) is 8.05. The lowest BCUT2D eigenvalue weighted by Crippen LogP contribution is -2.39. The van der Waals surface area contributed by atoms with Crippen LogP contribution < -0.4 is 20.1 Å². The van der Waals surface area contributed by atoms with E-state index in [9.17, 15) is 20.2 Å². The normalized spacial score (nSPS) is 16.7. The summed E-state index contributed by atoms with van der Waals surface area (Å²) in [6, 6.07) is 18.2. The molecule has 2 N–H and O–H groups in total. The molecule has 1 heterocycles. The van der Waals surface area contributed by atoms with Gasteiger partial charge >= 0.3 is 0 Å². The van der Waals surface area contributed by atoms with Gasteiger partial charge in [-0.2, -0.15) is 5.26 Å². The summed E-state index contributed by atoms with van der Waals surface area (Å²) in [7, 11) is 1.61. The van der Waals surface area contributed by atoms with Crippen molar-refractivity contribution in [3.8, 4) is 17.6 Å². The van der Waals surface area contributed by atoms with E-state index in [1.807, 2.05) is 57.2 Å². The Labute approximate surface area is 244 Å². The highest BCUT2D eigenvalue weighted by Crippen LogP contribution is 2.48. The average molecular weight is 565 g/mol. The van der Waals surface area contributed by atoms with E-state index in [4.69, 9.17) is 15.2 Å². The number of rotatable bonds is 7. The van der Waals surface area contributed by atoms with E-state index < -0.39 is 10.8 Å². The van der Waals surface area contributed by atoms with E-state index in [0.717, 1.165) is 33.6 Å². The molecular weight excluding hydrogens is 532 g/mol. The zero-order chi connectivity index (χ0) is 30.1. The lowest BCUT2D eigenvalue weighted by atomic mass is 9.74. The molecule has 9 heteroatoms. The lowest BCUT2D eigenvalue weighted by Gasteiger charge is -2.40. The summed E-state index contributed by atoms with van der Waals surface area (Å²) in [6.45, 7) is 6.09. The zero-order valence-corrected chi connectivity index (χ0v) is 24.1. The van der Waals surface area contributed by atoms with Crippen LogP contribution in [0.2, 0.25) is 0 Å². The van der Waals surface area contributed by atoms with Crippen molar-refractivity contribution in [1.29, 1.82) is 5.26 Å². The van der Waals surface area contributed by atoms with Crippen LogP contribution in [0.3, 0.4) is 0 Å². The van der Waals surface area contributed by atoms with Gasteiger partial charge in [0.2, 0.25) is 0 Å². The maximum Gasteiger partial charge on any atom is 0.271 e. The lowest BCUT2D eigenvalue weighted by molar-refractivity contribution is -0.384. The predicted molar refractivity (Wildman–Crippen MR) is 159 cm³/mol. The molecule has 3 aromatic carbocycles. The summed E-state index contributed by atoms with van der Waals surface area (Å²) < 4.78 is 11.3. The molecule has 3 aromatic rings. The highest BCUT2D eigenvalue weighted by atomic mass is 16.6. The number of aryl methyl sites for hydroxylation is 3. The van der Waals surface area contributed by atoms with Crippen LogP contribution in [-0.4, -0.2) is 17.8 Å². The summed E-state index contributed by atoms with van der Waals surface area (Å²) >= 11 is 0. The fourth-order valence-corrected chi connectivity index (χ4v) is 5.84. The van der Waals surface area contributed by atoms with Gasteiger partial charge in [0.25, 0.3) is 5.69 Å². The molecule has 0 radical (unpaired) electrons. The van der Waals surface area contributed by atoms with Crippen molar-refractivity contribution >= 4 is 17.2 Å². The second kappa shape index (κ2) is 11.4. The van der Waals surface area contributed by atoms with Crippen molar-refractivity contribution in [2.24, 2.45) is 5.73 Å². The maximum atomic E-state index is 13.6. The number of nitrogens with zero attached hydrogens (tertiary/aromatic N) is 3.